The smallest absolute Gasteiger partial charge is 0.214 e. The van der Waals surface area contributed by atoms with Gasteiger partial charge in [0.05, 0.1) is 5.75 Å². The van der Waals surface area contributed by atoms with Crippen molar-refractivity contribution in [3.05, 3.63) is 0 Å². The Morgan fingerprint density at radius 1 is 1.33 bits per heavy atom. The summed E-state index contributed by atoms with van der Waals surface area (Å²) in [7, 11) is -1.29. The molecule has 2 fully saturated rings. The molecule has 1 unspecified atom stereocenters. The van der Waals surface area contributed by atoms with Crippen molar-refractivity contribution in [3.63, 3.8) is 0 Å². The Balaban J connectivity index is 1.84. The number of hydrogen-bond acceptors (Lipinski definition) is 3. The molecule has 1 atom stereocenters. The van der Waals surface area contributed by atoms with Crippen LogP contribution in [-0.2, 0) is 10.0 Å². The highest BCUT2D eigenvalue weighted by molar-refractivity contribution is 7.89. The van der Waals surface area contributed by atoms with Crippen molar-refractivity contribution < 1.29 is 8.42 Å². The van der Waals surface area contributed by atoms with Crippen LogP contribution in [0.4, 0.5) is 0 Å². The van der Waals surface area contributed by atoms with Gasteiger partial charge in [-0.05, 0) is 38.1 Å². The first-order valence-electron chi connectivity index (χ1n) is 5.75. The Labute approximate surface area is 92.1 Å². The van der Waals surface area contributed by atoms with Gasteiger partial charge >= 0.3 is 0 Å². The Hall–Kier alpha value is -0.130. The minimum atomic E-state index is -2.99. The summed E-state index contributed by atoms with van der Waals surface area (Å²) in [6, 6.07) is 0.365. The summed E-state index contributed by atoms with van der Waals surface area (Å²) in [6.45, 7) is 1.66. The Morgan fingerprint density at radius 2 is 2.07 bits per heavy atom. The van der Waals surface area contributed by atoms with Crippen LogP contribution in [-0.4, -0.2) is 44.7 Å². The maximum atomic E-state index is 11.9. The largest absolute Gasteiger partial charge is 0.313 e. The first-order chi connectivity index (χ1) is 7.08. The molecule has 0 radical (unpaired) electrons. The second-order valence-electron chi connectivity index (χ2n) is 4.80. The molecule has 5 heteroatoms. The van der Waals surface area contributed by atoms with Crippen molar-refractivity contribution in [1.82, 2.24) is 9.62 Å². The van der Waals surface area contributed by atoms with Crippen molar-refractivity contribution in [3.8, 4) is 0 Å². The van der Waals surface area contributed by atoms with E-state index in [9.17, 15) is 8.42 Å². The van der Waals surface area contributed by atoms with Gasteiger partial charge in [-0.1, -0.05) is 0 Å². The molecule has 0 amide bonds. The van der Waals surface area contributed by atoms with Crippen LogP contribution in [0.3, 0.4) is 0 Å². The standard InChI is InChI=1S/C10H20N2O2S/c1-12(7-10-3-2-6-11-10)15(13,14)8-9-4-5-9/h9-11H,2-8H2,1H3. The summed E-state index contributed by atoms with van der Waals surface area (Å²) in [5, 5.41) is 3.32. The van der Waals surface area contributed by atoms with Gasteiger partial charge in [0.15, 0.2) is 0 Å². The van der Waals surface area contributed by atoms with Crippen LogP contribution in [0.5, 0.6) is 0 Å². The minimum Gasteiger partial charge on any atom is -0.313 e. The molecule has 15 heavy (non-hydrogen) atoms. The van der Waals surface area contributed by atoms with E-state index in [2.05, 4.69) is 5.32 Å². The molecular weight excluding hydrogens is 212 g/mol. The molecule has 0 spiro atoms. The van der Waals surface area contributed by atoms with Crippen molar-refractivity contribution in [2.24, 2.45) is 5.92 Å². The summed E-state index contributed by atoms with van der Waals surface area (Å²) < 4.78 is 25.3. The summed E-state index contributed by atoms with van der Waals surface area (Å²) >= 11 is 0. The first kappa shape index (κ1) is 11.4. The molecule has 2 rings (SSSR count). The van der Waals surface area contributed by atoms with E-state index < -0.39 is 10.0 Å². The van der Waals surface area contributed by atoms with Gasteiger partial charge in [0.2, 0.25) is 10.0 Å². The van der Waals surface area contributed by atoms with Crippen LogP contribution in [0.25, 0.3) is 0 Å². The Kier molecular flexibility index (Phi) is 3.33. The van der Waals surface area contributed by atoms with Gasteiger partial charge in [-0.2, -0.15) is 0 Å². The maximum absolute atomic E-state index is 11.9. The molecule has 2 aliphatic rings. The zero-order valence-electron chi connectivity index (χ0n) is 9.28. The molecule has 1 N–H and O–H groups in total. The fourth-order valence-electron chi connectivity index (χ4n) is 2.05. The number of nitrogens with zero attached hydrogens (tertiary/aromatic N) is 1. The lowest BCUT2D eigenvalue weighted by molar-refractivity contribution is 0.416. The molecule has 1 saturated carbocycles. The average molecular weight is 232 g/mol. The maximum Gasteiger partial charge on any atom is 0.214 e. The van der Waals surface area contributed by atoms with Crippen LogP contribution in [0.15, 0.2) is 0 Å². The third-order valence-electron chi connectivity index (χ3n) is 3.26. The zero-order valence-corrected chi connectivity index (χ0v) is 10.1. The molecule has 0 aromatic rings. The predicted molar refractivity (Wildman–Crippen MR) is 60.2 cm³/mol. The van der Waals surface area contributed by atoms with Crippen molar-refractivity contribution >= 4 is 10.0 Å². The quantitative estimate of drug-likeness (QED) is 0.747. The molecule has 1 aliphatic carbocycles. The van der Waals surface area contributed by atoms with Crippen molar-refractivity contribution in [2.45, 2.75) is 31.7 Å². The highest BCUT2D eigenvalue weighted by atomic mass is 32.2. The van der Waals surface area contributed by atoms with Crippen LogP contribution < -0.4 is 5.32 Å². The van der Waals surface area contributed by atoms with E-state index in [1.165, 1.54) is 10.7 Å². The van der Waals surface area contributed by atoms with E-state index in [4.69, 9.17) is 0 Å². The van der Waals surface area contributed by atoms with E-state index in [0.29, 0.717) is 24.3 Å². The summed E-state index contributed by atoms with van der Waals surface area (Å²) in [4.78, 5) is 0. The molecule has 88 valence electrons. The molecule has 0 aromatic heterocycles. The average Bonchev–Trinajstić information content (AvgIpc) is 2.81. The highest BCUT2D eigenvalue weighted by Gasteiger charge is 2.31. The molecule has 0 aromatic carbocycles. The number of rotatable bonds is 5. The summed E-state index contributed by atoms with van der Waals surface area (Å²) in [5.74, 6) is 0.796. The lowest BCUT2D eigenvalue weighted by Gasteiger charge is -2.20. The number of likely N-dealkylation sites (N-methyl/N-ethyl adjacent to an activating group) is 1. The monoisotopic (exact) mass is 232 g/mol. The van der Waals surface area contributed by atoms with Crippen LogP contribution >= 0.6 is 0 Å². The second kappa shape index (κ2) is 4.39. The van der Waals surface area contributed by atoms with Gasteiger partial charge in [-0.25, -0.2) is 12.7 Å². The molecular formula is C10H20N2O2S. The van der Waals surface area contributed by atoms with Gasteiger partial charge in [-0.3, -0.25) is 0 Å². The van der Waals surface area contributed by atoms with E-state index in [1.54, 1.807) is 7.05 Å². The lowest BCUT2D eigenvalue weighted by Crippen LogP contribution is -2.39. The van der Waals surface area contributed by atoms with Crippen LogP contribution in [0.1, 0.15) is 25.7 Å². The molecule has 0 bridgehead atoms. The molecule has 1 saturated heterocycles. The van der Waals surface area contributed by atoms with Gasteiger partial charge in [0, 0.05) is 19.6 Å². The molecule has 1 aliphatic heterocycles. The van der Waals surface area contributed by atoms with Crippen molar-refractivity contribution in [1.29, 1.82) is 0 Å². The van der Waals surface area contributed by atoms with Gasteiger partial charge < -0.3 is 5.32 Å². The topological polar surface area (TPSA) is 49.4 Å². The highest BCUT2D eigenvalue weighted by Crippen LogP contribution is 2.31. The lowest BCUT2D eigenvalue weighted by atomic mass is 10.2. The van der Waals surface area contributed by atoms with Gasteiger partial charge in [0.25, 0.3) is 0 Å². The number of sulfonamides is 1. The van der Waals surface area contributed by atoms with Crippen LogP contribution in [0, 0.1) is 5.92 Å². The van der Waals surface area contributed by atoms with Crippen LogP contribution in [0.2, 0.25) is 0 Å². The SMILES string of the molecule is CN(CC1CCCN1)S(=O)(=O)CC1CC1. The molecule has 1 heterocycles. The fourth-order valence-corrected chi connectivity index (χ4v) is 3.64. The third kappa shape index (κ3) is 3.16. The van der Waals surface area contributed by atoms with Gasteiger partial charge in [-0.15, -0.1) is 0 Å². The van der Waals surface area contributed by atoms with E-state index in [0.717, 1.165) is 25.8 Å². The number of nitrogens with one attached hydrogen (secondary N) is 1. The predicted octanol–water partition coefficient (Wildman–Crippen LogP) is 0.410. The first-order valence-corrected chi connectivity index (χ1v) is 7.36. The van der Waals surface area contributed by atoms with E-state index >= 15 is 0 Å². The summed E-state index contributed by atoms with van der Waals surface area (Å²) in [6.07, 6.45) is 4.45. The molecule has 4 nitrogen and oxygen atoms in total. The number of hydrogen-bond donors (Lipinski definition) is 1. The minimum absolute atomic E-state index is 0.357. The third-order valence-corrected chi connectivity index (χ3v) is 5.25. The van der Waals surface area contributed by atoms with Gasteiger partial charge in [0.1, 0.15) is 0 Å². The zero-order chi connectivity index (χ0) is 10.9. The summed E-state index contributed by atoms with van der Waals surface area (Å²) in [5.41, 5.74) is 0. The Morgan fingerprint density at radius 3 is 2.60 bits per heavy atom. The fraction of sp³-hybridized carbons (Fsp3) is 1.00. The van der Waals surface area contributed by atoms with E-state index in [1.807, 2.05) is 0 Å². The van der Waals surface area contributed by atoms with Crippen molar-refractivity contribution in [2.75, 3.05) is 25.9 Å². The normalized spacial score (nSPS) is 27.5. The Bertz CT molecular complexity index is 305. The van der Waals surface area contributed by atoms with E-state index in [-0.39, 0.29) is 0 Å². The second-order valence-corrected chi connectivity index (χ2v) is 6.92.